The molecule has 1 atom stereocenters. The van der Waals surface area contributed by atoms with Crippen molar-refractivity contribution in [3.63, 3.8) is 0 Å². The van der Waals surface area contributed by atoms with Gasteiger partial charge in [0.2, 0.25) is 0 Å². The molecular formula is C15H21NO. The van der Waals surface area contributed by atoms with Crippen LogP contribution >= 0.6 is 0 Å². The summed E-state index contributed by atoms with van der Waals surface area (Å²) < 4.78 is 0. The molecule has 0 heterocycles. The van der Waals surface area contributed by atoms with Crippen LogP contribution in [0.3, 0.4) is 0 Å². The summed E-state index contributed by atoms with van der Waals surface area (Å²) in [5.74, 6) is 0. The van der Waals surface area contributed by atoms with E-state index in [1.165, 1.54) is 49.7 Å². The molecule has 1 aromatic rings. The standard InChI is InChI=1S/C15H21NO/c17-15(10-16-14-7-8-14)13-6-5-11-3-1-2-4-12(11)9-13/h5-6,9,14-17H,1-4,7-8,10H2. The summed E-state index contributed by atoms with van der Waals surface area (Å²) >= 11 is 0. The van der Waals surface area contributed by atoms with E-state index < -0.39 is 0 Å². The highest BCUT2D eigenvalue weighted by Gasteiger charge is 2.22. The topological polar surface area (TPSA) is 32.3 Å². The minimum absolute atomic E-state index is 0.345. The van der Waals surface area contributed by atoms with Gasteiger partial charge in [-0.05, 0) is 55.2 Å². The van der Waals surface area contributed by atoms with Crippen LogP contribution in [0.15, 0.2) is 18.2 Å². The van der Waals surface area contributed by atoms with Gasteiger partial charge in [0, 0.05) is 12.6 Å². The van der Waals surface area contributed by atoms with E-state index in [1.807, 2.05) is 0 Å². The van der Waals surface area contributed by atoms with Crippen molar-refractivity contribution in [1.29, 1.82) is 0 Å². The van der Waals surface area contributed by atoms with Crippen LogP contribution in [-0.2, 0) is 12.8 Å². The molecule has 1 unspecified atom stereocenters. The van der Waals surface area contributed by atoms with Crippen LogP contribution in [0.1, 0.15) is 48.5 Å². The largest absolute Gasteiger partial charge is 0.387 e. The van der Waals surface area contributed by atoms with E-state index >= 15 is 0 Å². The Bertz CT molecular complexity index is 398. The Morgan fingerprint density at radius 3 is 2.71 bits per heavy atom. The average molecular weight is 231 g/mol. The third-order valence-corrected chi connectivity index (χ3v) is 3.93. The molecule has 17 heavy (non-hydrogen) atoms. The lowest BCUT2D eigenvalue weighted by Gasteiger charge is -2.19. The lowest BCUT2D eigenvalue weighted by atomic mass is 9.89. The van der Waals surface area contributed by atoms with Gasteiger partial charge in [-0.2, -0.15) is 0 Å². The fourth-order valence-corrected chi connectivity index (χ4v) is 2.64. The summed E-state index contributed by atoms with van der Waals surface area (Å²) in [4.78, 5) is 0. The van der Waals surface area contributed by atoms with Gasteiger partial charge in [-0.15, -0.1) is 0 Å². The highest BCUT2D eigenvalue weighted by atomic mass is 16.3. The van der Waals surface area contributed by atoms with Gasteiger partial charge in [0.25, 0.3) is 0 Å². The maximum absolute atomic E-state index is 10.1. The van der Waals surface area contributed by atoms with E-state index in [1.54, 1.807) is 0 Å². The van der Waals surface area contributed by atoms with Crippen LogP contribution < -0.4 is 5.32 Å². The smallest absolute Gasteiger partial charge is 0.0914 e. The number of fused-ring (bicyclic) bond motifs is 1. The fraction of sp³-hybridized carbons (Fsp3) is 0.600. The predicted molar refractivity (Wildman–Crippen MR) is 69.1 cm³/mol. The van der Waals surface area contributed by atoms with Gasteiger partial charge in [0.05, 0.1) is 6.10 Å². The van der Waals surface area contributed by atoms with Crippen molar-refractivity contribution in [2.45, 2.75) is 50.7 Å². The molecule has 92 valence electrons. The number of benzene rings is 1. The Balaban J connectivity index is 1.68. The molecule has 0 aliphatic heterocycles. The second-order valence-corrected chi connectivity index (χ2v) is 5.43. The summed E-state index contributed by atoms with van der Waals surface area (Å²) in [6, 6.07) is 7.20. The molecule has 0 bridgehead atoms. The number of aliphatic hydroxyl groups excluding tert-OH is 1. The maximum atomic E-state index is 10.1. The van der Waals surface area contributed by atoms with Crippen LogP contribution in [0.4, 0.5) is 0 Å². The Labute approximate surface area is 103 Å². The van der Waals surface area contributed by atoms with Crippen molar-refractivity contribution >= 4 is 0 Å². The first kappa shape index (κ1) is 11.2. The Morgan fingerprint density at radius 2 is 1.94 bits per heavy atom. The summed E-state index contributed by atoms with van der Waals surface area (Å²) in [5.41, 5.74) is 4.03. The van der Waals surface area contributed by atoms with Crippen molar-refractivity contribution < 1.29 is 5.11 Å². The Hall–Kier alpha value is -0.860. The summed E-state index contributed by atoms with van der Waals surface area (Å²) in [5, 5.41) is 13.5. The van der Waals surface area contributed by atoms with Crippen molar-refractivity contribution in [3.8, 4) is 0 Å². The molecule has 2 aliphatic rings. The zero-order chi connectivity index (χ0) is 11.7. The number of hydrogen-bond acceptors (Lipinski definition) is 2. The molecule has 3 rings (SSSR count). The normalized spacial score (nSPS) is 21.0. The molecule has 0 spiro atoms. The van der Waals surface area contributed by atoms with Crippen LogP contribution in [-0.4, -0.2) is 17.7 Å². The SMILES string of the molecule is OC(CNC1CC1)c1ccc2c(c1)CCCC2. The van der Waals surface area contributed by atoms with Crippen LogP contribution in [0.2, 0.25) is 0 Å². The van der Waals surface area contributed by atoms with Gasteiger partial charge < -0.3 is 10.4 Å². The lowest BCUT2D eigenvalue weighted by molar-refractivity contribution is 0.174. The van der Waals surface area contributed by atoms with Crippen molar-refractivity contribution in [2.24, 2.45) is 0 Å². The second kappa shape index (κ2) is 4.79. The minimum atomic E-state index is -0.345. The monoisotopic (exact) mass is 231 g/mol. The maximum Gasteiger partial charge on any atom is 0.0914 e. The molecule has 0 radical (unpaired) electrons. The van der Waals surface area contributed by atoms with Gasteiger partial charge in [0.1, 0.15) is 0 Å². The van der Waals surface area contributed by atoms with Crippen LogP contribution in [0, 0.1) is 0 Å². The average Bonchev–Trinajstić information content (AvgIpc) is 3.19. The van der Waals surface area contributed by atoms with E-state index in [-0.39, 0.29) is 6.10 Å². The molecule has 2 aliphatic carbocycles. The molecule has 1 fully saturated rings. The van der Waals surface area contributed by atoms with E-state index in [2.05, 4.69) is 23.5 Å². The number of rotatable bonds is 4. The third-order valence-electron chi connectivity index (χ3n) is 3.93. The number of hydrogen-bond donors (Lipinski definition) is 2. The van der Waals surface area contributed by atoms with Crippen molar-refractivity contribution in [3.05, 3.63) is 34.9 Å². The summed E-state index contributed by atoms with van der Waals surface area (Å²) in [7, 11) is 0. The van der Waals surface area contributed by atoms with E-state index in [9.17, 15) is 5.11 Å². The minimum Gasteiger partial charge on any atom is -0.387 e. The lowest BCUT2D eigenvalue weighted by Crippen LogP contribution is -2.23. The zero-order valence-electron chi connectivity index (χ0n) is 10.3. The van der Waals surface area contributed by atoms with Gasteiger partial charge in [0.15, 0.2) is 0 Å². The molecule has 2 nitrogen and oxygen atoms in total. The van der Waals surface area contributed by atoms with Gasteiger partial charge in [-0.3, -0.25) is 0 Å². The summed E-state index contributed by atoms with van der Waals surface area (Å²) in [6.45, 7) is 0.698. The molecule has 0 aromatic heterocycles. The number of aliphatic hydroxyl groups is 1. The fourth-order valence-electron chi connectivity index (χ4n) is 2.64. The second-order valence-electron chi connectivity index (χ2n) is 5.43. The van der Waals surface area contributed by atoms with Crippen LogP contribution in [0.25, 0.3) is 0 Å². The highest BCUT2D eigenvalue weighted by Crippen LogP contribution is 2.25. The first-order valence-corrected chi connectivity index (χ1v) is 6.86. The van der Waals surface area contributed by atoms with Crippen molar-refractivity contribution in [2.75, 3.05) is 6.54 Å². The quantitative estimate of drug-likeness (QED) is 0.833. The molecule has 0 saturated heterocycles. The molecule has 1 saturated carbocycles. The van der Waals surface area contributed by atoms with E-state index in [4.69, 9.17) is 0 Å². The number of aryl methyl sites for hydroxylation is 2. The van der Waals surface area contributed by atoms with Gasteiger partial charge >= 0.3 is 0 Å². The molecule has 2 heteroatoms. The molecular weight excluding hydrogens is 210 g/mol. The first-order valence-electron chi connectivity index (χ1n) is 6.86. The van der Waals surface area contributed by atoms with Crippen molar-refractivity contribution in [1.82, 2.24) is 5.32 Å². The molecule has 2 N–H and O–H groups in total. The van der Waals surface area contributed by atoms with Gasteiger partial charge in [-0.1, -0.05) is 18.2 Å². The van der Waals surface area contributed by atoms with Gasteiger partial charge in [-0.25, -0.2) is 0 Å². The first-order chi connectivity index (χ1) is 8.33. The Morgan fingerprint density at radius 1 is 1.18 bits per heavy atom. The molecule has 0 amide bonds. The highest BCUT2D eigenvalue weighted by molar-refractivity contribution is 5.34. The van der Waals surface area contributed by atoms with E-state index in [0.29, 0.717) is 12.6 Å². The molecule has 1 aromatic carbocycles. The zero-order valence-corrected chi connectivity index (χ0v) is 10.3. The Kier molecular flexibility index (Phi) is 3.17. The summed E-state index contributed by atoms with van der Waals surface area (Å²) in [6.07, 6.45) is 7.22. The number of nitrogens with one attached hydrogen (secondary N) is 1. The predicted octanol–water partition coefficient (Wildman–Crippen LogP) is 2.35. The van der Waals surface area contributed by atoms with Crippen LogP contribution in [0.5, 0.6) is 0 Å². The third kappa shape index (κ3) is 2.70. The van der Waals surface area contributed by atoms with E-state index in [0.717, 1.165) is 5.56 Å².